The maximum atomic E-state index is 13.3. The van der Waals surface area contributed by atoms with E-state index < -0.39 is 47.9 Å². The Hall–Kier alpha value is -2.93. The van der Waals surface area contributed by atoms with E-state index >= 15 is 0 Å². The summed E-state index contributed by atoms with van der Waals surface area (Å²) in [5.74, 6) is -2.93. The van der Waals surface area contributed by atoms with Crippen LogP contribution in [0.3, 0.4) is 0 Å². The Morgan fingerprint density at radius 3 is 2.11 bits per heavy atom. The van der Waals surface area contributed by atoms with Gasteiger partial charge in [-0.2, -0.15) is 24.4 Å². The van der Waals surface area contributed by atoms with Gasteiger partial charge in [-0.05, 0) is 61.0 Å². The van der Waals surface area contributed by atoms with Crippen molar-refractivity contribution in [2.45, 2.75) is 64.7 Å². The Balaban J connectivity index is 3.27. The normalized spacial score (nSPS) is 14.1. The number of carbonyl (C=O) groups is 5. The number of aliphatic carboxylic acids is 1. The zero-order valence-electron chi connectivity index (χ0n) is 22.2. The maximum Gasteiger partial charge on any atom is 0.326 e. The van der Waals surface area contributed by atoms with E-state index in [1.54, 1.807) is 33.8 Å². The highest BCUT2D eigenvalue weighted by Crippen LogP contribution is 2.24. The molecule has 0 saturated heterocycles. The molecule has 0 aliphatic carbocycles. The van der Waals surface area contributed by atoms with Crippen molar-refractivity contribution in [1.29, 1.82) is 0 Å². The van der Waals surface area contributed by atoms with Crippen LogP contribution >= 0.6 is 24.4 Å². The molecule has 1 aromatic carbocycles. The number of rotatable bonds is 16. The predicted molar refractivity (Wildman–Crippen MR) is 149 cm³/mol. The van der Waals surface area contributed by atoms with Crippen molar-refractivity contribution >= 4 is 54.5 Å². The highest BCUT2D eigenvalue weighted by Gasteiger charge is 2.32. The minimum absolute atomic E-state index is 0.00808. The van der Waals surface area contributed by atoms with Crippen LogP contribution in [0.1, 0.15) is 37.0 Å². The van der Waals surface area contributed by atoms with Gasteiger partial charge in [-0.1, -0.05) is 19.9 Å². The third-order valence-corrected chi connectivity index (χ3v) is 7.18. The Bertz CT molecular complexity index is 1010. The standard InChI is InChI=1S/C25H38N4O7S2/c1-13(2)21(29-23(33)19(11-37)26-12-30)24(34)28-18(10-16-6-7-20(31)15(4)14(16)3)22(32)27-17(25(35)36)8-9-38-5/h6-7,12-13,17-19,21,31,37H,8-11H2,1-5H3,(H,26,30)(H,27,32)(H,28,34)(H,29,33)(H,35,36)/t17-,18-,19-,21-/m0/s1. The molecule has 1 rings (SSSR count). The van der Waals surface area contributed by atoms with Crippen LogP contribution in [0.5, 0.6) is 5.75 Å². The predicted octanol–water partition coefficient (Wildman–Crippen LogP) is 0.544. The number of carbonyl (C=O) groups excluding carboxylic acids is 4. The van der Waals surface area contributed by atoms with Gasteiger partial charge in [-0.15, -0.1) is 0 Å². The van der Waals surface area contributed by atoms with Gasteiger partial charge in [-0.25, -0.2) is 4.79 Å². The minimum Gasteiger partial charge on any atom is -0.508 e. The van der Waals surface area contributed by atoms with E-state index in [0.717, 1.165) is 5.56 Å². The number of carboxylic acid groups (broad SMARTS) is 1. The van der Waals surface area contributed by atoms with Crippen molar-refractivity contribution in [3.63, 3.8) is 0 Å². The first kappa shape index (κ1) is 33.1. The Kier molecular flexibility index (Phi) is 14.0. The molecule has 6 N–H and O–H groups in total. The monoisotopic (exact) mass is 570 g/mol. The summed E-state index contributed by atoms with van der Waals surface area (Å²) in [6.45, 7) is 6.91. The Labute approximate surface area is 232 Å². The summed E-state index contributed by atoms with van der Waals surface area (Å²) in [6.07, 6.45) is 2.40. The van der Waals surface area contributed by atoms with Crippen LogP contribution in [0.2, 0.25) is 0 Å². The second-order valence-electron chi connectivity index (χ2n) is 9.19. The molecule has 1 aromatic rings. The number of amides is 4. The van der Waals surface area contributed by atoms with Crippen LogP contribution in [0.15, 0.2) is 12.1 Å². The largest absolute Gasteiger partial charge is 0.508 e. The number of aromatic hydroxyl groups is 1. The molecule has 38 heavy (non-hydrogen) atoms. The van der Waals surface area contributed by atoms with E-state index in [-0.39, 0.29) is 30.3 Å². The van der Waals surface area contributed by atoms with Crippen molar-refractivity contribution < 1.29 is 34.2 Å². The molecule has 212 valence electrons. The van der Waals surface area contributed by atoms with Crippen LogP contribution in [0, 0.1) is 19.8 Å². The first-order chi connectivity index (χ1) is 17.9. The second-order valence-corrected chi connectivity index (χ2v) is 10.5. The molecular weight excluding hydrogens is 532 g/mol. The third kappa shape index (κ3) is 9.75. The Morgan fingerprint density at radius 2 is 1.58 bits per heavy atom. The molecule has 0 radical (unpaired) electrons. The van der Waals surface area contributed by atoms with E-state index in [0.29, 0.717) is 23.3 Å². The molecule has 11 nitrogen and oxygen atoms in total. The lowest BCUT2D eigenvalue weighted by Gasteiger charge is -2.27. The van der Waals surface area contributed by atoms with Crippen molar-refractivity contribution in [2.75, 3.05) is 17.8 Å². The summed E-state index contributed by atoms with van der Waals surface area (Å²) in [4.78, 5) is 61.7. The van der Waals surface area contributed by atoms with Crippen LogP contribution in [0.25, 0.3) is 0 Å². The number of carboxylic acids is 1. The molecule has 4 atom stereocenters. The van der Waals surface area contributed by atoms with Gasteiger partial charge >= 0.3 is 5.97 Å². The van der Waals surface area contributed by atoms with Gasteiger partial charge in [0.25, 0.3) is 0 Å². The lowest BCUT2D eigenvalue weighted by atomic mass is 9.95. The number of phenols is 1. The summed E-state index contributed by atoms with van der Waals surface area (Å²) in [7, 11) is 0. The number of benzene rings is 1. The van der Waals surface area contributed by atoms with Gasteiger partial charge < -0.3 is 31.5 Å². The van der Waals surface area contributed by atoms with Gasteiger partial charge in [0.1, 0.15) is 29.9 Å². The zero-order valence-corrected chi connectivity index (χ0v) is 23.9. The number of phenolic OH excluding ortho intramolecular Hbond substituents is 1. The molecule has 0 spiro atoms. The first-order valence-corrected chi connectivity index (χ1v) is 14.1. The molecule has 0 fully saturated rings. The lowest BCUT2D eigenvalue weighted by molar-refractivity contribution is -0.142. The van der Waals surface area contributed by atoms with E-state index in [1.165, 1.54) is 17.8 Å². The molecule has 0 aliphatic rings. The van der Waals surface area contributed by atoms with Crippen molar-refractivity contribution in [2.24, 2.45) is 5.92 Å². The van der Waals surface area contributed by atoms with Crippen LogP contribution in [-0.4, -0.2) is 82.2 Å². The molecule has 4 amide bonds. The van der Waals surface area contributed by atoms with Crippen LogP contribution in [-0.2, 0) is 30.4 Å². The molecule has 0 unspecified atom stereocenters. The molecule has 0 aromatic heterocycles. The van der Waals surface area contributed by atoms with E-state index in [9.17, 15) is 34.2 Å². The van der Waals surface area contributed by atoms with Gasteiger partial charge in [0.15, 0.2) is 0 Å². The number of hydrogen-bond acceptors (Lipinski definition) is 8. The van der Waals surface area contributed by atoms with Crippen molar-refractivity contribution in [3.05, 3.63) is 28.8 Å². The first-order valence-electron chi connectivity index (χ1n) is 12.1. The van der Waals surface area contributed by atoms with Gasteiger partial charge in [0.2, 0.25) is 24.1 Å². The van der Waals surface area contributed by atoms with Gasteiger partial charge in [0.05, 0.1) is 0 Å². The zero-order chi connectivity index (χ0) is 29.0. The Morgan fingerprint density at radius 1 is 0.974 bits per heavy atom. The average Bonchev–Trinajstić information content (AvgIpc) is 2.87. The number of nitrogens with one attached hydrogen (secondary N) is 4. The smallest absolute Gasteiger partial charge is 0.326 e. The fourth-order valence-corrected chi connectivity index (χ4v) is 4.36. The average molecular weight is 571 g/mol. The fraction of sp³-hybridized carbons (Fsp3) is 0.560. The number of thioether (sulfide) groups is 1. The number of hydrogen-bond donors (Lipinski definition) is 7. The van der Waals surface area contributed by atoms with Crippen LogP contribution < -0.4 is 21.3 Å². The fourth-order valence-electron chi connectivity index (χ4n) is 3.62. The molecule has 0 saturated carbocycles. The summed E-state index contributed by atoms with van der Waals surface area (Å²) in [6, 6.07) is -1.21. The molecule has 0 heterocycles. The van der Waals surface area contributed by atoms with Crippen molar-refractivity contribution in [3.8, 4) is 5.75 Å². The highest BCUT2D eigenvalue weighted by atomic mass is 32.2. The molecule has 0 bridgehead atoms. The molecular formula is C25H38N4O7S2. The van der Waals surface area contributed by atoms with E-state index in [1.807, 2.05) is 6.26 Å². The summed E-state index contributed by atoms with van der Waals surface area (Å²) < 4.78 is 0. The van der Waals surface area contributed by atoms with Crippen LogP contribution in [0.4, 0.5) is 0 Å². The second kappa shape index (κ2) is 16.1. The van der Waals surface area contributed by atoms with E-state index in [4.69, 9.17) is 0 Å². The molecule has 13 heteroatoms. The SMILES string of the molecule is CSCC[C@H](NC(=O)[C@H](Cc1ccc(O)c(C)c1C)NC(=O)[C@@H](NC(=O)[C@H](CS)NC=O)C(C)C)C(=O)O. The van der Waals surface area contributed by atoms with Gasteiger partial charge in [0, 0.05) is 12.2 Å². The minimum atomic E-state index is -1.19. The maximum absolute atomic E-state index is 13.3. The lowest BCUT2D eigenvalue weighted by Crippen LogP contribution is -2.59. The van der Waals surface area contributed by atoms with Crippen molar-refractivity contribution in [1.82, 2.24) is 21.3 Å². The highest BCUT2D eigenvalue weighted by molar-refractivity contribution is 7.98. The quantitative estimate of drug-likeness (QED) is 0.111. The van der Waals surface area contributed by atoms with Gasteiger partial charge in [-0.3, -0.25) is 19.2 Å². The summed E-state index contributed by atoms with van der Waals surface area (Å²) in [5, 5.41) is 29.7. The van der Waals surface area contributed by atoms with E-state index in [2.05, 4.69) is 33.9 Å². The number of thiol groups is 1. The summed E-state index contributed by atoms with van der Waals surface area (Å²) in [5.41, 5.74) is 2.01. The summed E-state index contributed by atoms with van der Waals surface area (Å²) >= 11 is 5.49. The third-order valence-electron chi connectivity index (χ3n) is 6.17. The topological polar surface area (TPSA) is 174 Å². The molecule has 0 aliphatic heterocycles.